The van der Waals surface area contributed by atoms with E-state index in [4.69, 9.17) is 0 Å². The summed E-state index contributed by atoms with van der Waals surface area (Å²) in [4.78, 5) is 16.4. The van der Waals surface area contributed by atoms with Crippen molar-refractivity contribution in [1.29, 1.82) is 0 Å². The van der Waals surface area contributed by atoms with Gasteiger partial charge in [-0.3, -0.25) is 9.78 Å². The van der Waals surface area contributed by atoms with E-state index >= 15 is 0 Å². The number of aromatic nitrogens is 1. The molecule has 2 nitrogen and oxygen atoms in total. The molecule has 0 fully saturated rings. The van der Waals surface area contributed by atoms with Gasteiger partial charge in [0.2, 0.25) is 0 Å². The van der Waals surface area contributed by atoms with Crippen LogP contribution in [0.4, 0.5) is 0 Å². The molecule has 1 heterocycles. The third-order valence-corrected chi connectivity index (χ3v) is 3.24. The summed E-state index contributed by atoms with van der Waals surface area (Å²) in [5, 5.41) is 1.17. The predicted molar refractivity (Wildman–Crippen MR) is 79.3 cm³/mol. The molecule has 0 aliphatic heterocycles. The normalized spacial score (nSPS) is 11.2. The molecule has 0 bridgehead atoms. The minimum atomic E-state index is 0.355. The number of ketones is 1. The highest BCUT2D eigenvalue weighted by Crippen LogP contribution is 2.20. The Morgan fingerprint density at radius 1 is 1.26 bits per heavy atom. The summed E-state index contributed by atoms with van der Waals surface area (Å²) in [6, 6.07) is 10.2. The Balaban J connectivity index is 2.18. The van der Waals surface area contributed by atoms with Crippen LogP contribution >= 0.6 is 0 Å². The van der Waals surface area contributed by atoms with Crippen LogP contribution in [0.25, 0.3) is 10.9 Å². The van der Waals surface area contributed by atoms with Gasteiger partial charge in [-0.05, 0) is 37.0 Å². The molecule has 0 aliphatic rings. The van der Waals surface area contributed by atoms with Crippen LogP contribution in [0.15, 0.2) is 30.3 Å². The van der Waals surface area contributed by atoms with Crippen LogP contribution in [-0.4, -0.2) is 10.8 Å². The molecule has 100 valence electrons. The van der Waals surface area contributed by atoms with Gasteiger partial charge in [0.15, 0.2) is 0 Å². The zero-order valence-corrected chi connectivity index (χ0v) is 11.9. The van der Waals surface area contributed by atoms with Gasteiger partial charge in [0.05, 0.1) is 5.52 Å². The number of pyridine rings is 1. The lowest BCUT2D eigenvalue weighted by molar-refractivity contribution is -0.119. The molecular formula is C17H21NO. The number of hydrogen-bond acceptors (Lipinski definition) is 2. The van der Waals surface area contributed by atoms with Crippen LogP contribution in [0, 0.1) is 12.8 Å². The van der Waals surface area contributed by atoms with Crippen LogP contribution in [0.5, 0.6) is 0 Å². The molecule has 0 atom stereocenters. The van der Waals surface area contributed by atoms with E-state index in [0.717, 1.165) is 17.6 Å². The van der Waals surface area contributed by atoms with Gasteiger partial charge in [-0.15, -0.1) is 0 Å². The molecule has 0 aliphatic carbocycles. The van der Waals surface area contributed by atoms with Gasteiger partial charge in [-0.1, -0.05) is 32.0 Å². The van der Waals surface area contributed by atoms with E-state index in [2.05, 4.69) is 31.0 Å². The van der Waals surface area contributed by atoms with E-state index in [0.29, 0.717) is 24.5 Å². The van der Waals surface area contributed by atoms with Crippen molar-refractivity contribution in [2.75, 3.05) is 0 Å². The van der Waals surface area contributed by atoms with E-state index in [1.54, 1.807) is 0 Å². The molecule has 2 aromatic rings. The molecule has 0 radical (unpaired) electrons. The van der Waals surface area contributed by atoms with Gasteiger partial charge >= 0.3 is 0 Å². The largest absolute Gasteiger partial charge is 0.300 e. The number of rotatable bonds is 5. The smallest absolute Gasteiger partial charge is 0.133 e. The molecule has 2 heteroatoms. The molecule has 0 N–H and O–H groups in total. The number of benzene rings is 1. The first-order chi connectivity index (χ1) is 9.06. The van der Waals surface area contributed by atoms with E-state index in [1.165, 1.54) is 10.9 Å². The lowest BCUT2D eigenvalue weighted by atomic mass is 9.98. The summed E-state index contributed by atoms with van der Waals surface area (Å²) in [7, 11) is 0. The molecule has 0 amide bonds. The number of nitrogens with zero attached hydrogens (tertiary/aromatic N) is 1. The zero-order chi connectivity index (χ0) is 13.8. The van der Waals surface area contributed by atoms with Crippen molar-refractivity contribution in [3.8, 4) is 0 Å². The summed E-state index contributed by atoms with van der Waals surface area (Å²) >= 11 is 0. The van der Waals surface area contributed by atoms with E-state index in [-0.39, 0.29) is 0 Å². The van der Waals surface area contributed by atoms with Crippen molar-refractivity contribution in [1.82, 2.24) is 4.98 Å². The number of Topliss-reactive ketones (excluding diaryl/α,β-unsaturated/α-hetero) is 1. The first-order valence-corrected chi connectivity index (χ1v) is 6.93. The fourth-order valence-electron chi connectivity index (χ4n) is 2.43. The quantitative estimate of drug-likeness (QED) is 0.805. The molecule has 0 saturated carbocycles. The van der Waals surface area contributed by atoms with Crippen LogP contribution in [0.3, 0.4) is 0 Å². The first kappa shape index (κ1) is 13.7. The van der Waals surface area contributed by atoms with Crippen LogP contribution in [-0.2, 0) is 11.2 Å². The lowest BCUT2D eigenvalue weighted by Gasteiger charge is -2.08. The zero-order valence-electron chi connectivity index (χ0n) is 11.9. The molecule has 0 spiro atoms. The number of fused-ring (bicyclic) bond motifs is 1. The summed E-state index contributed by atoms with van der Waals surface area (Å²) in [6.07, 6.45) is 2.13. The van der Waals surface area contributed by atoms with Gasteiger partial charge in [-0.2, -0.15) is 0 Å². The van der Waals surface area contributed by atoms with Gasteiger partial charge in [0, 0.05) is 23.9 Å². The van der Waals surface area contributed by atoms with Crippen LogP contribution in [0.2, 0.25) is 0 Å². The van der Waals surface area contributed by atoms with E-state index in [1.807, 2.05) is 25.1 Å². The van der Waals surface area contributed by atoms with Gasteiger partial charge in [0.25, 0.3) is 0 Å². The van der Waals surface area contributed by atoms with Crippen LogP contribution < -0.4 is 0 Å². The van der Waals surface area contributed by atoms with Crippen molar-refractivity contribution in [3.05, 3.63) is 41.6 Å². The second-order valence-electron chi connectivity index (χ2n) is 5.58. The average molecular weight is 255 g/mol. The topological polar surface area (TPSA) is 30.0 Å². The second kappa shape index (κ2) is 5.96. The molecule has 1 aromatic heterocycles. The molecular weight excluding hydrogens is 234 g/mol. The second-order valence-corrected chi connectivity index (χ2v) is 5.58. The molecule has 19 heavy (non-hydrogen) atoms. The van der Waals surface area contributed by atoms with Crippen molar-refractivity contribution < 1.29 is 4.79 Å². The van der Waals surface area contributed by atoms with Crippen molar-refractivity contribution >= 4 is 16.7 Å². The highest BCUT2D eigenvalue weighted by Gasteiger charge is 2.08. The molecule has 2 rings (SSSR count). The highest BCUT2D eigenvalue weighted by atomic mass is 16.1. The molecule has 0 unspecified atom stereocenters. The van der Waals surface area contributed by atoms with Crippen molar-refractivity contribution in [2.45, 2.75) is 40.0 Å². The minimum absolute atomic E-state index is 0.355. The maximum Gasteiger partial charge on any atom is 0.133 e. The Hall–Kier alpha value is -1.70. The summed E-state index contributed by atoms with van der Waals surface area (Å²) < 4.78 is 0. The Labute approximate surface area is 114 Å². The van der Waals surface area contributed by atoms with E-state index in [9.17, 15) is 4.79 Å². The van der Waals surface area contributed by atoms with Crippen molar-refractivity contribution in [2.24, 2.45) is 5.92 Å². The maximum atomic E-state index is 11.8. The third-order valence-electron chi connectivity index (χ3n) is 3.24. The monoisotopic (exact) mass is 255 g/mol. The Bertz CT molecular complexity index is 587. The number of carbonyl (C=O) groups excluding carboxylic acids is 1. The van der Waals surface area contributed by atoms with Gasteiger partial charge in [0.1, 0.15) is 5.78 Å². The summed E-state index contributed by atoms with van der Waals surface area (Å²) in [6.45, 7) is 6.18. The average Bonchev–Trinajstić information content (AvgIpc) is 2.35. The predicted octanol–water partition coefficient (Wildman–Crippen LogP) is 4.09. The molecule has 0 saturated heterocycles. The Morgan fingerprint density at radius 2 is 2.00 bits per heavy atom. The Morgan fingerprint density at radius 3 is 2.74 bits per heavy atom. The number of aryl methyl sites for hydroxylation is 2. The third kappa shape index (κ3) is 3.63. The van der Waals surface area contributed by atoms with Gasteiger partial charge < -0.3 is 0 Å². The fourth-order valence-corrected chi connectivity index (χ4v) is 2.43. The summed E-state index contributed by atoms with van der Waals surface area (Å²) in [5.74, 6) is 0.803. The number of hydrogen-bond donors (Lipinski definition) is 0. The van der Waals surface area contributed by atoms with Crippen molar-refractivity contribution in [3.63, 3.8) is 0 Å². The molecule has 1 aromatic carbocycles. The van der Waals surface area contributed by atoms with E-state index < -0.39 is 0 Å². The minimum Gasteiger partial charge on any atom is -0.300 e. The Kier molecular flexibility index (Phi) is 4.31. The lowest BCUT2D eigenvalue weighted by Crippen LogP contribution is -2.04. The summed E-state index contributed by atoms with van der Waals surface area (Å²) in [5.41, 5.74) is 3.28. The SMILES string of the molecule is Cc1cc(CCC(=O)CC(C)C)c2ccccc2n1. The fraction of sp³-hybridized carbons (Fsp3) is 0.412. The van der Waals surface area contributed by atoms with Gasteiger partial charge in [-0.25, -0.2) is 0 Å². The first-order valence-electron chi connectivity index (χ1n) is 6.93. The maximum absolute atomic E-state index is 11.8. The number of carbonyl (C=O) groups is 1. The van der Waals surface area contributed by atoms with Crippen LogP contribution in [0.1, 0.15) is 37.9 Å². The number of para-hydroxylation sites is 1. The highest BCUT2D eigenvalue weighted by molar-refractivity contribution is 5.84. The standard InChI is InChI=1S/C17H21NO/c1-12(2)10-15(19)9-8-14-11-13(3)18-17-7-5-4-6-16(14)17/h4-7,11-12H,8-10H2,1-3H3.